The molecule has 4 unspecified atom stereocenters. The van der Waals surface area contributed by atoms with E-state index >= 15 is 0 Å². The van der Waals surface area contributed by atoms with Gasteiger partial charge < -0.3 is 4.90 Å². The molecule has 1 N–H and O–H groups in total. The van der Waals surface area contributed by atoms with Crippen molar-refractivity contribution in [3.63, 3.8) is 0 Å². The van der Waals surface area contributed by atoms with Gasteiger partial charge in [-0.25, -0.2) is 8.78 Å². The van der Waals surface area contributed by atoms with Crippen molar-refractivity contribution in [2.45, 2.75) is 44.9 Å². The first kappa shape index (κ1) is 13.5. The average molecular weight is 280 g/mol. The molecule has 1 amide bonds. The van der Waals surface area contributed by atoms with Crippen LogP contribution in [0.25, 0.3) is 0 Å². The second-order valence-corrected chi connectivity index (χ2v) is 5.73. The van der Waals surface area contributed by atoms with Crippen molar-refractivity contribution >= 4 is 5.91 Å². The van der Waals surface area contributed by atoms with Gasteiger partial charge in [-0.3, -0.25) is 10.1 Å². The van der Waals surface area contributed by atoms with Crippen molar-refractivity contribution in [3.8, 4) is 0 Å². The first-order valence-electron chi connectivity index (χ1n) is 7.06. The summed E-state index contributed by atoms with van der Waals surface area (Å²) in [6, 6.07) is 3.82. The molecule has 108 valence electrons. The molecule has 4 atom stereocenters. The number of carbonyl (C=O) groups is 1. The summed E-state index contributed by atoms with van der Waals surface area (Å²) in [7, 11) is 0. The molecule has 1 aromatic carbocycles. The summed E-state index contributed by atoms with van der Waals surface area (Å²) in [5.41, 5.74) is 0.604. The molecule has 1 saturated carbocycles. The Bertz CT molecular complexity index is 549. The van der Waals surface area contributed by atoms with Crippen molar-refractivity contribution in [2.24, 2.45) is 5.92 Å². The van der Waals surface area contributed by atoms with Crippen LogP contribution in [0.2, 0.25) is 0 Å². The monoisotopic (exact) mass is 280 g/mol. The summed E-state index contributed by atoms with van der Waals surface area (Å²) >= 11 is 0. The Hall–Kier alpha value is -1.49. The Labute approximate surface area is 117 Å². The zero-order chi connectivity index (χ0) is 14.4. The number of rotatable bonds is 3. The average Bonchev–Trinajstić information content (AvgIpc) is 3.03. The van der Waals surface area contributed by atoms with Crippen molar-refractivity contribution in [3.05, 3.63) is 35.4 Å². The summed E-state index contributed by atoms with van der Waals surface area (Å²) in [6.07, 6.45) is 1.32. The third-order valence-corrected chi connectivity index (χ3v) is 4.28. The van der Waals surface area contributed by atoms with Crippen LogP contribution >= 0.6 is 0 Å². The third-order valence-electron chi connectivity index (χ3n) is 4.28. The lowest BCUT2D eigenvalue weighted by atomic mass is 10.1. The number of nitrogens with zero attached hydrogens (tertiary/aromatic N) is 1. The molecule has 5 heteroatoms. The summed E-state index contributed by atoms with van der Waals surface area (Å²) in [5.74, 6) is -1.20. The van der Waals surface area contributed by atoms with E-state index in [-0.39, 0.29) is 24.2 Å². The second kappa shape index (κ2) is 4.81. The quantitative estimate of drug-likeness (QED) is 0.923. The summed E-state index contributed by atoms with van der Waals surface area (Å²) in [6.45, 7) is 4.04. The van der Waals surface area contributed by atoms with Gasteiger partial charge in [-0.1, -0.05) is 19.9 Å². The fourth-order valence-corrected chi connectivity index (χ4v) is 2.93. The van der Waals surface area contributed by atoms with Gasteiger partial charge in [-0.15, -0.1) is 0 Å². The maximum absolute atomic E-state index is 13.4. The number of amides is 1. The lowest BCUT2D eigenvalue weighted by Gasteiger charge is -2.25. The second-order valence-electron chi connectivity index (χ2n) is 5.73. The van der Waals surface area contributed by atoms with E-state index in [1.807, 2.05) is 11.8 Å². The largest absolute Gasteiger partial charge is 0.318 e. The highest BCUT2D eigenvalue weighted by Crippen LogP contribution is 2.42. The summed E-state index contributed by atoms with van der Waals surface area (Å²) in [4.78, 5) is 14.2. The highest BCUT2D eigenvalue weighted by molar-refractivity contribution is 5.85. The Kier molecular flexibility index (Phi) is 3.24. The molecule has 0 bridgehead atoms. The lowest BCUT2D eigenvalue weighted by Crippen LogP contribution is -2.33. The van der Waals surface area contributed by atoms with Gasteiger partial charge in [0.05, 0.1) is 6.04 Å². The molecule has 1 saturated heterocycles. The Balaban J connectivity index is 1.93. The minimum Gasteiger partial charge on any atom is -0.318 e. The van der Waals surface area contributed by atoms with Gasteiger partial charge in [0.2, 0.25) is 5.91 Å². The van der Waals surface area contributed by atoms with Crippen molar-refractivity contribution < 1.29 is 13.6 Å². The van der Waals surface area contributed by atoms with Crippen LogP contribution in [0.4, 0.5) is 8.78 Å². The van der Waals surface area contributed by atoms with E-state index in [4.69, 9.17) is 0 Å². The van der Waals surface area contributed by atoms with Crippen LogP contribution in [0, 0.1) is 17.6 Å². The summed E-state index contributed by atoms with van der Waals surface area (Å²) < 4.78 is 26.5. The van der Waals surface area contributed by atoms with E-state index in [1.54, 1.807) is 6.07 Å². The number of hydrogen-bond donors (Lipinski definition) is 1. The standard InChI is InChI=1S/C15H18F2N2O/c1-3-12-15(20)19(13-6-8(13)2)14(18-12)9-4-5-10(16)11(17)7-9/h4-5,7-8,12-14,18H,3,6H2,1-2H3. The molecule has 1 aliphatic heterocycles. The molecule has 20 heavy (non-hydrogen) atoms. The van der Waals surface area contributed by atoms with E-state index in [2.05, 4.69) is 12.2 Å². The predicted octanol–water partition coefficient (Wildman–Crippen LogP) is 2.58. The highest BCUT2D eigenvalue weighted by Gasteiger charge is 2.49. The maximum atomic E-state index is 13.4. The molecule has 3 nitrogen and oxygen atoms in total. The van der Waals surface area contributed by atoms with Crippen LogP contribution in [0.3, 0.4) is 0 Å². The molecule has 0 radical (unpaired) electrons. The Morgan fingerprint density at radius 3 is 2.60 bits per heavy atom. The van der Waals surface area contributed by atoms with E-state index in [9.17, 15) is 13.6 Å². The van der Waals surface area contributed by atoms with Crippen molar-refractivity contribution in [2.75, 3.05) is 0 Å². The van der Waals surface area contributed by atoms with Gasteiger partial charge in [0, 0.05) is 6.04 Å². The maximum Gasteiger partial charge on any atom is 0.241 e. The fourth-order valence-electron chi connectivity index (χ4n) is 2.93. The molecule has 0 aromatic heterocycles. The topological polar surface area (TPSA) is 32.3 Å². The van der Waals surface area contributed by atoms with Crippen LogP contribution < -0.4 is 5.32 Å². The fraction of sp³-hybridized carbons (Fsp3) is 0.533. The number of benzene rings is 1. The molecule has 1 heterocycles. The molecule has 1 aromatic rings. The SMILES string of the molecule is CCC1NC(c2ccc(F)c(F)c2)N(C2CC2C)C1=O. The molecule has 3 rings (SSSR count). The van der Waals surface area contributed by atoms with Crippen LogP contribution in [-0.4, -0.2) is 22.9 Å². The predicted molar refractivity (Wildman–Crippen MR) is 70.7 cm³/mol. The molecular weight excluding hydrogens is 262 g/mol. The Morgan fingerprint density at radius 2 is 2.05 bits per heavy atom. The van der Waals surface area contributed by atoms with Crippen molar-refractivity contribution in [1.29, 1.82) is 0 Å². The third kappa shape index (κ3) is 2.10. The molecule has 1 aliphatic carbocycles. The smallest absolute Gasteiger partial charge is 0.241 e. The number of carbonyl (C=O) groups excluding carboxylic acids is 1. The van der Waals surface area contributed by atoms with Gasteiger partial charge in [0.25, 0.3) is 0 Å². The van der Waals surface area contributed by atoms with Crippen LogP contribution in [0.5, 0.6) is 0 Å². The molecule has 0 spiro atoms. The Morgan fingerprint density at radius 1 is 1.35 bits per heavy atom. The van der Waals surface area contributed by atoms with Gasteiger partial charge in [-0.2, -0.15) is 0 Å². The number of nitrogens with one attached hydrogen (secondary N) is 1. The van der Waals surface area contributed by atoms with E-state index in [0.29, 0.717) is 17.9 Å². The first-order chi connectivity index (χ1) is 9.52. The zero-order valence-corrected chi connectivity index (χ0v) is 11.6. The van der Waals surface area contributed by atoms with Crippen molar-refractivity contribution in [1.82, 2.24) is 10.2 Å². The normalized spacial score (nSPS) is 32.8. The molecule has 2 aliphatic rings. The van der Waals surface area contributed by atoms with Gasteiger partial charge in [-0.05, 0) is 36.5 Å². The molecule has 2 fully saturated rings. The minimum absolute atomic E-state index is 0.0663. The summed E-state index contributed by atoms with van der Waals surface area (Å²) in [5, 5.41) is 3.23. The van der Waals surface area contributed by atoms with Crippen LogP contribution in [0.1, 0.15) is 38.4 Å². The minimum atomic E-state index is -0.875. The molecular formula is C15H18F2N2O. The first-order valence-corrected chi connectivity index (χ1v) is 7.06. The van der Waals surface area contributed by atoms with E-state index in [1.165, 1.54) is 6.07 Å². The van der Waals surface area contributed by atoms with Gasteiger partial charge >= 0.3 is 0 Å². The van der Waals surface area contributed by atoms with Gasteiger partial charge in [0.15, 0.2) is 11.6 Å². The number of halogens is 2. The number of hydrogen-bond acceptors (Lipinski definition) is 2. The van der Waals surface area contributed by atoms with Crippen LogP contribution in [0.15, 0.2) is 18.2 Å². The van der Waals surface area contributed by atoms with Gasteiger partial charge in [0.1, 0.15) is 6.17 Å². The highest BCUT2D eigenvalue weighted by atomic mass is 19.2. The zero-order valence-electron chi connectivity index (χ0n) is 11.6. The van der Waals surface area contributed by atoms with Crippen LogP contribution in [-0.2, 0) is 4.79 Å². The lowest BCUT2D eigenvalue weighted by molar-refractivity contribution is -0.130. The van der Waals surface area contributed by atoms with E-state index in [0.717, 1.165) is 12.5 Å². The van der Waals surface area contributed by atoms with E-state index < -0.39 is 11.6 Å².